The molecule has 1 amide bonds. The molecule has 0 atom stereocenters. The van der Waals surface area contributed by atoms with Crippen LogP contribution >= 0.6 is 0 Å². The van der Waals surface area contributed by atoms with Crippen molar-refractivity contribution in [2.75, 3.05) is 19.0 Å². The van der Waals surface area contributed by atoms with Gasteiger partial charge in [-0.05, 0) is 0 Å². The van der Waals surface area contributed by atoms with E-state index in [0.717, 1.165) is 41.0 Å². The van der Waals surface area contributed by atoms with Crippen molar-refractivity contribution >= 4 is 24.7 Å². The van der Waals surface area contributed by atoms with Gasteiger partial charge in [-0.3, -0.25) is 0 Å². The summed E-state index contributed by atoms with van der Waals surface area (Å²) in [5, 5.41) is 10.9. The molecule has 0 aliphatic heterocycles. The Hall–Kier alpha value is -3.61. The summed E-state index contributed by atoms with van der Waals surface area (Å²) in [6, 6.07) is 24.2. The van der Waals surface area contributed by atoms with Gasteiger partial charge in [-0.25, -0.2) is 0 Å². The molecule has 0 heterocycles. The number of nitrogens with one attached hydrogen (secondary N) is 2. The molecule has 6 nitrogen and oxygen atoms in total. The summed E-state index contributed by atoms with van der Waals surface area (Å²) in [5.74, 6) is 0.822. The van der Waals surface area contributed by atoms with E-state index in [1.54, 1.807) is 7.11 Å². The normalized spacial score (nSPS) is 10.8. The molecule has 0 bridgehead atoms. The first-order valence-corrected chi connectivity index (χ1v) is 10.9. The standard InChI is InChI=1S/C26H30BN3O3.H2/c1-26(2,3)33-25(31)30(27-28)17-16-19-10-12-21(13-11-19)29-22-14-15-24(32-4)23(18-22)20-8-6-5-7-9-20;/h5-15,18,28-29H,16-17H2,1-4H3;1H/i;1+1. The number of anilines is 2. The smallest absolute Gasteiger partial charge is 0.0622 e. The van der Waals surface area contributed by atoms with Crippen LogP contribution in [0.4, 0.5) is 16.2 Å². The Morgan fingerprint density at radius 3 is 2.30 bits per heavy atom. The van der Waals surface area contributed by atoms with E-state index in [9.17, 15) is 4.79 Å². The van der Waals surface area contributed by atoms with Gasteiger partial charge in [-0.15, -0.1) is 0 Å². The number of carbonyl (C=O) groups excluding carboxylic acids is 1. The number of ether oxygens (including phenoxy) is 2. The minimum absolute atomic E-state index is 0. The van der Waals surface area contributed by atoms with E-state index in [2.05, 4.69) is 23.5 Å². The third-order valence-corrected chi connectivity index (χ3v) is 4.95. The average Bonchev–Trinajstić information content (AvgIpc) is 2.80. The van der Waals surface area contributed by atoms with Crippen molar-refractivity contribution in [1.82, 2.24) is 4.81 Å². The molecule has 3 aromatic rings. The monoisotopic (exact) mass is 446 g/mol. The van der Waals surface area contributed by atoms with Gasteiger partial charge in [-0.1, -0.05) is 30.3 Å². The molecule has 7 heteroatoms. The van der Waals surface area contributed by atoms with Gasteiger partial charge in [0.2, 0.25) is 0 Å². The summed E-state index contributed by atoms with van der Waals surface area (Å²) >= 11 is 0. The molecule has 0 aliphatic carbocycles. The number of hydrogen-bond acceptors (Lipinski definition) is 5. The van der Waals surface area contributed by atoms with Gasteiger partial charge in [-0.2, -0.15) is 0 Å². The van der Waals surface area contributed by atoms with Crippen molar-refractivity contribution in [1.29, 1.82) is 5.31 Å². The third kappa shape index (κ3) is 6.94. The predicted molar refractivity (Wildman–Crippen MR) is 135 cm³/mol. The minimum Gasteiger partial charge on any atom is -0.0622 e. The van der Waals surface area contributed by atoms with Gasteiger partial charge in [0.1, 0.15) is 0 Å². The molecule has 33 heavy (non-hydrogen) atoms. The fourth-order valence-corrected chi connectivity index (χ4v) is 3.33. The molecule has 0 aromatic heterocycles. The molecule has 3 aromatic carbocycles. The number of methoxy groups -OCH3 is 1. The predicted octanol–water partition coefficient (Wildman–Crippen LogP) is 6.51. The van der Waals surface area contributed by atoms with Crippen molar-refractivity contribution in [3.05, 3.63) is 78.4 Å². The fourth-order valence-electron chi connectivity index (χ4n) is 3.33. The first-order valence-electron chi connectivity index (χ1n) is 10.9. The minimum atomic E-state index is -0.590. The molecule has 0 saturated carbocycles. The van der Waals surface area contributed by atoms with E-state index < -0.39 is 11.7 Å². The Bertz CT molecular complexity index is 1090. The van der Waals surface area contributed by atoms with Crippen LogP contribution in [0.1, 0.15) is 27.8 Å². The number of carbonyl (C=O) groups is 1. The zero-order valence-corrected chi connectivity index (χ0v) is 19.6. The molecule has 0 spiro atoms. The zero-order chi connectivity index (χ0) is 23.8. The van der Waals surface area contributed by atoms with Crippen LogP contribution in [0.15, 0.2) is 72.8 Å². The van der Waals surface area contributed by atoms with E-state index >= 15 is 0 Å². The molecule has 3 rings (SSSR count). The summed E-state index contributed by atoms with van der Waals surface area (Å²) < 4.78 is 10.9. The molecular weight excluding hydrogens is 413 g/mol. The van der Waals surface area contributed by atoms with Crippen LogP contribution < -0.4 is 10.1 Å². The van der Waals surface area contributed by atoms with Gasteiger partial charge in [0.05, 0.1) is 7.11 Å². The third-order valence-electron chi connectivity index (χ3n) is 4.95. The van der Waals surface area contributed by atoms with Crippen LogP contribution in [0.25, 0.3) is 11.1 Å². The Morgan fingerprint density at radius 1 is 1.03 bits per heavy atom. The number of amides is 1. The molecule has 172 valence electrons. The van der Waals surface area contributed by atoms with E-state index in [1.807, 2.05) is 75.4 Å². The maximum absolute atomic E-state index is 12.2. The van der Waals surface area contributed by atoms with E-state index in [1.165, 1.54) is 4.81 Å². The van der Waals surface area contributed by atoms with Gasteiger partial charge in [0.15, 0.2) is 0 Å². The Kier molecular flexibility index (Phi) is 7.88. The summed E-state index contributed by atoms with van der Waals surface area (Å²) in [5.41, 5.74) is 4.51. The second-order valence-corrected chi connectivity index (χ2v) is 8.66. The fraction of sp³-hybridized carbons (Fsp3) is 0.269. The number of benzene rings is 3. The van der Waals surface area contributed by atoms with Crippen LogP contribution in [0, 0.1) is 5.31 Å². The summed E-state index contributed by atoms with van der Waals surface area (Å²) in [4.78, 5) is 13.5. The van der Waals surface area contributed by atoms with Gasteiger partial charge >= 0.3 is 154 Å². The maximum atomic E-state index is 12.2. The van der Waals surface area contributed by atoms with Crippen LogP contribution in [0.3, 0.4) is 0 Å². The first kappa shape index (κ1) is 24.0. The molecule has 0 saturated heterocycles. The number of rotatable bonds is 8. The quantitative estimate of drug-likeness (QED) is 0.387. The molecule has 2 N–H and O–H groups in total. The van der Waals surface area contributed by atoms with Crippen molar-refractivity contribution in [3.63, 3.8) is 0 Å². The van der Waals surface area contributed by atoms with Crippen molar-refractivity contribution in [3.8, 4) is 16.9 Å². The SMILES string of the molecule is COc1ccc(Nc2ccc(CCN(B=N)C(=O)OC(C)(C)C)cc2)cc1-c1ccccc1.[2HH]. The van der Waals surface area contributed by atoms with Crippen LogP contribution in [-0.2, 0) is 11.2 Å². The van der Waals surface area contributed by atoms with Crippen LogP contribution in [0.2, 0.25) is 0 Å². The van der Waals surface area contributed by atoms with Gasteiger partial charge in [0, 0.05) is 1.43 Å². The zero-order valence-electron chi connectivity index (χ0n) is 19.6. The second kappa shape index (κ2) is 10.8. The van der Waals surface area contributed by atoms with Gasteiger partial charge in [0.25, 0.3) is 0 Å². The Balaban J connectivity index is 0.00000408. The van der Waals surface area contributed by atoms with Crippen molar-refractivity contribution < 1.29 is 15.7 Å². The second-order valence-electron chi connectivity index (χ2n) is 8.66. The molecule has 0 aliphatic rings. The summed E-state index contributed by atoms with van der Waals surface area (Å²) in [6.07, 6.45) is 0.111. The summed E-state index contributed by atoms with van der Waals surface area (Å²) in [7, 11) is 2.69. The molecule has 0 fully saturated rings. The average molecular weight is 446 g/mol. The van der Waals surface area contributed by atoms with Crippen LogP contribution in [-0.4, -0.2) is 37.4 Å². The van der Waals surface area contributed by atoms with Crippen molar-refractivity contribution in [2.45, 2.75) is 32.8 Å². The topological polar surface area (TPSA) is 74.7 Å². The van der Waals surface area contributed by atoms with Gasteiger partial charge < -0.3 is 4.74 Å². The molecule has 0 radical (unpaired) electrons. The Labute approximate surface area is 197 Å². The van der Waals surface area contributed by atoms with E-state index in [-0.39, 0.29) is 1.43 Å². The van der Waals surface area contributed by atoms with E-state index in [0.29, 0.717) is 13.0 Å². The number of hydrogen-bond donors (Lipinski definition) is 2. The Morgan fingerprint density at radius 2 is 1.70 bits per heavy atom. The van der Waals surface area contributed by atoms with Crippen molar-refractivity contribution in [2.24, 2.45) is 0 Å². The first-order chi connectivity index (χ1) is 15.8. The summed E-state index contributed by atoms with van der Waals surface area (Å²) in [6.45, 7) is 5.81. The molecule has 0 unspecified atom stereocenters. The molecular formula is C26H32BN3O3. The van der Waals surface area contributed by atoms with Crippen LogP contribution in [0.5, 0.6) is 5.75 Å². The van der Waals surface area contributed by atoms with E-state index in [4.69, 9.17) is 14.8 Å². The number of nitrogens with zero attached hydrogens (tertiary/aromatic N) is 1.